The lowest BCUT2D eigenvalue weighted by Gasteiger charge is -2.39. The number of rotatable bonds is 12. The highest BCUT2D eigenvalue weighted by Gasteiger charge is 2.40. The molecule has 1 heterocycles. The second-order valence-corrected chi connectivity index (χ2v) is 6.55. The van der Waals surface area contributed by atoms with Gasteiger partial charge in [0.05, 0.1) is 12.7 Å². The lowest BCUT2D eigenvalue weighted by atomic mass is 10.1. The topological polar surface area (TPSA) is 32.3 Å². The smallest absolute Gasteiger partial charge is 0.193 e. The first-order valence-corrected chi connectivity index (χ1v) is 9.31. The monoisotopic (exact) mass is 309 g/mol. The molecular weight excluding hydrogens is 272 g/mol. The zero-order chi connectivity index (χ0) is 16.3. The lowest BCUT2D eigenvalue weighted by molar-refractivity contribution is -0.942. The minimum absolute atomic E-state index is 0.336. The molecule has 0 aromatic rings. The summed E-state index contributed by atoms with van der Waals surface area (Å²) >= 11 is 0. The molecule has 3 atom stereocenters. The number of nitrogens with one attached hydrogen (secondary N) is 1. The molecule has 3 heteroatoms. The Bertz CT molecular complexity index is 338. The van der Waals surface area contributed by atoms with Crippen LogP contribution in [0.5, 0.6) is 0 Å². The summed E-state index contributed by atoms with van der Waals surface area (Å²) in [4.78, 5) is 0. The minimum Gasteiger partial charge on any atom is -0.345 e. The van der Waals surface area contributed by atoms with E-state index in [4.69, 9.17) is 0 Å². The van der Waals surface area contributed by atoms with Crippen molar-refractivity contribution in [3.8, 4) is 0 Å². The number of allylic oxidation sites excluding steroid dienone is 2. The van der Waals surface area contributed by atoms with Crippen molar-refractivity contribution in [2.24, 2.45) is 0 Å². The standard InChI is InChI=1S/C19H37N2O/c1-4-6-7-8-9-10-11-12-13-14-15-19-20-16-17-21(19,5-2)18(3)22/h10-11,16-20,22H,4-9,12-15H2,1-3H3/q+1/b11-10+. The van der Waals surface area contributed by atoms with Crippen LogP contribution in [0.4, 0.5) is 0 Å². The van der Waals surface area contributed by atoms with E-state index in [0.717, 1.165) is 13.0 Å². The largest absolute Gasteiger partial charge is 0.345 e. The zero-order valence-corrected chi connectivity index (χ0v) is 14.9. The minimum atomic E-state index is -0.343. The molecule has 0 bridgehead atoms. The fourth-order valence-corrected chi connectivity index (χ4v) is 3.36. The Balaban J connectivity index is 2.13. The third-order valence-corrected chi connectivity index (χ3v) is 4.95. The molecule has 0 aromatic heterocycles. The maximum atomic E-state index is 10.1. The van der Waals surface area contributed by atoms with Gasteiger partial charge in [-0.15, -0.1) is 0 Å². The van der Waals surface area contributed by atoms with Crippen LogP contribution in [0.15, 0.2) is 24.6 Å². The average Bonchev–Trinajstić information content (AvgIpc) is 2.93. The molecule has 0 aromatic carbocycles. The van der Waals surface area contributed by atoms with Gasteiger partial charge < -0.3 is 10.4 Å². The Kier molecular flexibility index (Phi) is 9.49. The van der Waals surface area contributed by atoms with E-state index in [9.17, 15) is 5.11 Å². The summed E-state index contributed by atoms with van der Waals surface area (Å²) in [6.07, 6.45) is 20.2. The molecule has 0 aliphatic carbocycles. The van der Waals surface area contributed by atoms with E-state index in [1.807, 2.05) is 13.1 Å². The number of nitrogens with zero attached hydrogens (tertiary/aromatic N) is 1. The molecule has 0 saturated carbocycles. The van der Waals surface area contributed by atoms with E-state index >= 15 is 0 Å². The fraction of sp³-hybridized carbons (Fsp3) is 0.789. The number of hydrogen-bond donors (Lipinski definition) is 2. The summed E-state index contributed by atoms with van der Waals surface area (Å²) in [5.74, 6) is 0. The Hall–Kier alpha value is -0.800. The maximum Gasteiger partial charge on any atom is 0.193 e. The van der Waals surface area contributed by atoms with Gasteiger partial charge in [0.25, 0.3) is 0 Å². The van der Waals surface area contributed by atoms with Gasteiger partial charge in [-0.05, 0) is 39.0 Å². The number of unbranched alkanes of at least 4 members (excludes halogenated alkanes) is 6. The number of hydrogen-bond acceptors (Lipinski definition) is 2. The van der Waals surface area contributed by atoms with E-state index in [-0.39, 0.29) is 6.23 Å². The summed E-state index contributed by atoms with van der Waals surface area (Å²) in [7, 11) is 0. The van der Waals surface area contributed by atoms with Gasteiger partial charge in [-0.2, -0.15) is 0 Å². The van der Waals surface area contributed by atoms with Crippen molar-refractivity contribution in [2.75, 3.05) is 6.54 Å². The first-order valence-electron chi connectivity index (χ1n) is 9.31. The summed E-state index contributed by atoms with van der Waals surface area (Å²) in [6.45, 7) is 7.24. The van der Waals surface area contributed by atoms with E-state index in [0.29, 0.717) is 10.6 Å². The normalized spacial score (nSPS) is 25.7. The molecule has 1 aliphatic rings. The SMILES string of the molecule is CCCCCC/C=C/CCCCC1NC=C[N+]1(CC)C(C)O. The second kappa shape index (κ2) is 10.8. The highest BCUT2D eigenvalue weighted by Crippen LogP contribution is 2.25. The molecule has 1 aliphatic heterocycles. The molecule has 22 heavy (non-hydrogen) atoms. The van der Waals surface area contributed by atoms with Crippen LogP contribution in [0.25, 0.3) is 0 Å². The van der Waals surface area contributed by atoms with Gasteiger partial charge in [-0.25, -0.2) is 0 Å². The van der Waals surface area contributed by atoms with Crippen molar-refractivity contribution < 1.29 is 9.59 Å². The molecular formula is C19H37N2O+. The van der Waals surface area contributed by atoms with Crippen molar-refractivity contribution in [3.05, 3.63) is 24.6 Å². The fourth-order valence-electron chi connectivity index (χ4n) is 3.36. The van der Waals surface area contributed by atoms with Gasteiger partial charge in [-0.1, -0.05) is 38.3 Å². The predicted octanol–water partition coefficient (Wildman–Crippen LogP) is 4.65. The molecule has 2 N–H and O–H groups in total. The van der Waals surface area contributed by atoms with E-state index < -0.39 is 0 Å². The molecule has 0 spiro atoms. The molecule has 3 nitrogen and oxygen atoms in total. The molecule has 0 amide bonds. The molecule has 128 valence electrons. The summed E-state index contributed by atoms with van der Waals surface area (Å²) < 4.78 is 0.660. The molecule has 3 unspecified atom stereocenters. The number of aliphatic hydroxyl groups is 1. The van der Waals surface area contributed by atoms with Crippen molar-refractivity contribution in [1.82, 2.24) is 5.32 Å². The molecule has 1 rings (SSSR count). The first kappa shape index (κ1) is 19.2. The van der Waals surface area contributed by atoms with Gasteiger partial charge in [0.15, 0.2) is 12.4 Å². The molecule has 0 radical (unpaired) electrons. The van der Waals surface area contributed by atoms with Crippen molar-refractivity contribution in [1.29, 1.82) is 0 Å². The number of quaternary nitrogens is 1. The van der Waals surface area contributed by atoms with Crippen molar-refractivity contribution >= 4 is 0 Å². The van der Waals surface area contributed by atoms with Gasteiger partial charge in [0.1, 0.15) is 6.20 Å². The quantitative estimate of drug-likeness (QED) is 0.312. The number of aliphatic hydroxyl groups excluding tert-OH is 1. The highest BCUT2D eigenvalue weighted by molar-refractivity contribution is 4.85. The second-order valence-electron chi connectivity index (χ2n) is 6.55. The maximum absolute atomic E-state index is 10.1. The summed E-state index contributed by atoms with van der Waals surface area (Å²) in [5, 5.41) is 13.5. The van der Waals surface area contributed by atoms with E-state index in [1.165, 1.54) is 51.4 Å². The Morgan fingerprint density at radius 2 is 1.77 bits per heavy atom. The van der Waals surface area contributed by atoms with E-state index in [1.54, 1.807) is 0 Å². The Morgan fingerprint density at radius 3 is 2.36 bits per heavy atom. The highest BCUT2D eigenvalue weighted by atomic mass is 16.3. The van der Waals surface area contributed by atoms with Crippen molar-refractivity contribution in [2.45, 2.75) is 91.0 Å². The summed E-state index contributed by atoms with van der Waals surface area (Å²) in [5.41, 5.74) is 0. The van der Waals surface area contributed by atoms with Crippen LogP contribution in [0.3, 0.4) is 0 Å². The Labute approximate surface area is 137 Å². The van der Waals surface area contributed by atoms with Gasteiger partial charge in [0.2, 0.25) is 0 Å². The van der Waals surface area contributed by atoms with Crippen LogP contribution in [-0.4, -0.2) is 28.5 Å². The van der Waals surface area contributed by atoms with Crippen LogP contribution in [0, 0.1) is 0 Å². The predicted molar refractivity (Wildman–Crippen MR) is 94.9 cm³/mol. The van der Waals surface area contributed by atoms with Gasteiger partial charge in [0, 0.05) is 13.3 Å². The summed E-state index contributed by atoms with van der Waals surface area (Å²) in [6, 6.07) is 0. The average molecular weight is 310 g/mol. The van der Waals surface area contributed by atoms with Gasteiger partial charge >= 0.3 is 0 Å². The van der Waals surface area contributed by atoms with Crippen LogP contribution in [-0.2, 0) is 0 Å². The molecule has 0 fully saturated rings. The van der Waals surface area contributed by atoms with Crippen LogP contribution in [0.2, 0.25) is 0 Å². The first-order chi connectivity index (χ1) is 10.7. The van der Waals surface area contributed by atoms with Crippen LogP contribution >= 0.6 is 0 Å². The third kappa shape index (κ3) is 5.77. The van der Waals surface area contributed by atoms with Crippen molar-refractivity contribution in [3.63, 3.8) is 0 Å². The third-order valence-electron chi connectivity index (χ3n) is 4.95. The van der Waals surface area contributed by atoms with Crippen LogP contribution < -0.4 is 5.32 Å². The van der Waals surface area contributed by atoms with Gasteiger partial charge in [-0.3, -0.25) is 4.48 Å². The lowest BCUT2D eigenvalue weighted by Crippen LogP contribution is -2.57. The zero-order valence-electron chi connectivity index (χ0n) is 14.9. The van der Waals surface area contributed by atoms with Crippen LogP contribution in [0.1, 0.15) is 78.6 Å². The van der Waals surface area contributed by atoms with E-state index in [2.05, 4.69) is 37.5 Å². The molecule has 0 saturated heterocycles. The Morgan fingerprint density at radius 1 is 1.09 bits per heavy atom.